The Morgan fingerprint density at radius 2 is 1.74 bits per heavy atom. The summed E-state index contributed by atoms with van der Waals surface area (Å²) in [4.78, 5) is 19.0. The number of amides is 1. The molecule has 3 N–H and O–H groups in total. The number of nitrogens with zero attached hydrogens (tertiary/aromatic N) is 2. The zero-order valence-corrected chi connectivity index (χ0v) is 23.3. The number of nitrogens with one attached hydrogen (secondary N) is 1. The molecule has 0 aliphatic heterocycles. The summed E-state index contributed by atoms with van der Waals surface area (Å²) in [6, 6.07) is 17.8. The van der Waals surface area contributed by atoms with Gasteiger partial charge in [-0.15, -0.1) is 0 Å². The molecule has 0 saturated heterocycles. The third-order valence-corrected chi connectivity index (χ3v) is 7.02. The molecule has 1 aliphatic rings. The van der Waals surface area contributed by atoms with Crippen molar-refractivity contribution in [3.63, 3.8) is 0 Å². The third-order valence-electron chi connectivity index (χ3n) is 7.02. The van der Waals surface area contributed by atoms with Gasteiger partial charge in [-0.3, -0.25) is 9.78 Å². The molecule has 1 aliphatic carbocycles. The molecule has 2 aromatic carbocycles. The summed E-state index contributed by atoms with van der Waals surface area (Å²) in [6.45, 7) is 12.5. The van der Waals surface area contributed by atoms with Gasteiger partial charge in [-0.25, -0.2) is 0 Å². The molecule has 2 unspecified atom stereocenters. The fourth-order valence-corrected chi connectivity index (χ4v) is 5.10. The zero-order valence-electron chi connectivity index (χ0n) is 23.3. The van der Waals surface area contributed by atoms with Crippen LogP contribution in [0.15, 0.2) is 85.2 Å². The number of aromatic nitrogens is 1. The topological polar surface area (TPSA) is 71.2 Å². The van der Waals surface area contributed by atoms with Gasteiger partial charge in [-0.2, -0.15) is 0 Å². The second-order valence-electron chi connectivity index (χ2n) is 9.89. The molecular formula is C33H42N4O. The second kappa shape index (κ2) is 14.3. The molecule has 0 bridgehead atoms. The smallest absolute Gasteiger partial charge is 0.248 e. The molecule has 0 spiro atoms. The summed E-state index contributed by atoms with van der Waals surface area (Å²) >= 11 is 0. The van der Waals surface area contributed by atoms with Crippen LogP contribution in [0.2, 0.25) is 0 Å². The number of nitrogen functional groups attached to an aromatic ring is 1. The third kappa shape index (κ3) is 8.15. The van der Waals surface area contributed by atoms with Crippen molar-refractivity contribution in [1.82, 2.24) is 9.88 Å². The van der Waals surface area contributed by atoms with Crippen LogP contribution < -0.4 is 11.1 Å². The maximum Gasteiger partial charge on any atom is 0.248 e. The van der Waals surface area contributed by atoms with Gasteiger partial charge in [0, 0.05) is 31.6 Å². The number of carbonyl (C=O) groups excluding carboxylic acids is 1. The van der Waals surface area contributed by atoms with Crippen LogP contribution in [0.5, 0.6) is 0 Å². The Bertz CT molecular complexity index is 1220. The lowest BCUT2D eigenvalue weighted by Crippen LogP contribution is -2.27. The van der Waals surface area contributed by atoms with Crippen molar-refractivity contribution in [2.45, 2.75) is 46.6 Å². The highest BCUT2D eigenvalue weighted by molar-refractivity contribution is 6.04. The molecule has 2 atom stereocenters. The minimum atomic E-state index is -0.221. The van der Waals surface area contributed by atoms with Gasteiger partial charge in [0.15, 0.2) is 0 Å². The van der Waals surface area contributed by atoms with E-state index in [1.165, 1.54) is 30.1 Å². The predicted octanol–water partition coefficient (Wildman–Crippen LogP) is 7.43. The highest BCUT2D eigenvalue weighted by Crippen LogP contribution is 2.37. The van der Waals surface area contributed by atoms with E-state index in [0.717, 1.165) is 42.1 Å². The molecule has 3 aromatic rings. The molecule has 1 saturated carbocycles. The van der Waals surface area contributed by atoms with E-state index in [0.29, 0.717) is 17.3 Å². The van der Waals surface area contributed by atoms with E-state index in [1.54, 1.807) is 18.5 Å². The summed E-state index contributed by atoms with van der Waals surface area (Å²) in [7, 11) is 2.20. The van der Waals surface area contributed by atoms with Crippen molar-refractivity contribution >= 4 is 23.4 Å². The summed E-state index contributed by atoms with van der Waals surface area (Å²) in [5, 5.41) is 2.89. The van der Waals surface area contributed by atoms with Crippen molar-refractivity contribution in [2.24, 2.45) is 11.8 Å². The number of carbonyl (C=O) groups is 1. The zero-order chi connectivity index (χ0) is 27.5. The number of benzene rings is 2. The number of hydrogen-bond acceptors (Lipinski definition) is 4. The van der Waals surface area contributed by atoms with Crippen LogP contribution in [0.3, 0.4) is 0 Å². The molecule has 5 heteroatoms. The van der Waals surface area contributed by atoms with E-state index in [4.69, 9.17) is 5.73 Å². The van der Waals surface area contributed by atoms with Crippen LogP contribution in [0, 0.1) is 11.8 Å². The lowest BCUT2D eigenvalue weighted by atomic mass is 9.93. The Labute approximate surface area is 228 Å². The van der Waals surface area contributed by atoms with Crippen molar-refractivity contribution in [3.05, 3.63) is 96.3 Å². The Morgan fingerprint density at radius 3 is 2.42 bits per heavy atom. The molecule has 0 radical (unpaired) electrons. The molecule has 1 aromatic heterocycles. The maximum atomic E-state index is 12.6. The highest BCUT2D eigenvalue weighted by Gasteiger charge is 2.28. The normalized spacial score (nSPS) is 16.9. The number of nitrogens with two attached hydrogens (primary N) is 1. The SMILES string of the molecule is C=C1CC(CC)C(CN(C)Cc2ccc(/C=C/C(=O)Nc3cc(-c4ccncc4)ccc3N)cc2)C1.CC. The fraction of sp³-hybridized carbons (Fsp3) is 0.333. The minimum Gasteiger partial charge on any atom is -0.397 e. The van der Waals surface area contributed by atoms with Gasteiger partial charge in [0.05, 0.1) is 11.4 Å². The fourth-order valence-electron chi connectivity index (χ4n) is 5.10. The molecule has 1 heterocycles. The standard InChI is InChI=1S/C31H36N4O.C2H6/c1-4-25-17-22(2)18-28(25)21-35(3)20-24-7-5-23(6-8-24)9-12-31(36)34-30-19-27(10-11-29(30)32)26-13-15-33-16-14-26;1-2/h5-16,19,25,28H,2,4,17-18,20-21,32H2,1,3H3,(H,34,36);1-2H3/b12-9+;. The van der Waals surface area contributed by atoms with Crippen molar-refractivity contribution in [3.8, 4) is 11.1 Å². The first-order valence-electron chi connectivity index (χ1n) is 13.6. The largest absolute Gasteiger partial charge is 0.397 e. The van der Waals surface area contributed by atoms with Gasteiger partial charge in [-0.05, 0) is 84.3 Å². The maximum absolute atomic E-state index is 12.6. The van der Waals surface area contributed by atoms with Crippen LogP contribution in [0.4, 0.5) is 11.4 Å². The summed E-state index contributed by atoms with van der Waals surface area (Å²) in [5.41, 5.74) is 12.8. The van der Waals surface area contributed by atoms with Gasteiger partial charge < -0.3 is 16.0 Å². The van der Waals surface area contributed by atoms with E-state index in [2.05, 4.69) is 60.0 Å². The van der Waals surface area contributed by atoms with Gasteiger partial charge in [0.25, 0.3) is 0 Å². The van der Waals surface area contributed by atoms with Gasteiger partial charge in [-0.1, -0.05) is 69.7 Å². The first kappa shape index (κ1) is 28.9. The number of rotatable bonds is 9. The Balaban J connectivity index is 0.00000195. The average molecular weight is 511 g/mol. The molecule has 38 heavy (non-hydrogen) atoms. The number of pyridine rings is 1. The average Bonchev–Trinajstić information content (AvgIpc) is 3.29. The van der Waals surface area contributed by atoms with Crippen LogP contribution in [-0.2, 0) is 11.3 Å². The highest BCUT2D eigenvalue weighted by atomic mass is 16.1. The van der Waals surface area contributed by atoms with Crippen LogP contribution in [0.1, 0.15) is 51.2 Å². The van der Waals surface area contributed by atoms with Gasteiger partial charge >= 0.3 is 0 Å². The van der Waals surface area contributed by atoms with Crippen molar-refractivity contribution < 1.29 is 4.79 Å². The van der Waals surface area contributed by atoms with Crippen LogP contribution in [0.25, 0.3) is 17.2 Å². The van der Waals surface area contributed by atoms with Crippen molar-refractivity contribution in [1.29, 1.82) is 0 Å². The summed E-state index contributed by atoms with van der Waals surface area (Å²) < 4.78 is 0. The van der Waals surface area contributed by atoms with Crippen LogP contribution >= 0.6 is 0 Å². The number of allylic oxidation sites excluding steroid dienone is 1. The molecule has 4 rings (SSSR count). The Hall–Kier alpha value is -3.70. The first-order valence-corrected chi connectivity index (χ1v) is 13.6. The van der Waals surface area contributed by atoms with Crippen molar-refractivity contribution in [2.75, 3.05) is 24.6 Å². The number of hydrogen-bond donors (Lipinski definition) is 2. The lowest BCUT2D eigenvalue weighted by molar-refractivity contribution is -0.111. The minimum absolute atomic E-state index is 0.221. The predicted molar refractivity (Wildman–Crippen MR) is 162 cm³/mol. The molecule has 200 valence electrons. The summed E-state index contributed by atoms with van der Waals surface area (Å²) in [5.74, 6) is 1.26. The van der Waals surface area contributed by atoms with E-state index in [-0.39, 0.29) is 5.91 Å². The van der Waals surface area contributed by atoms with Gasteiger partial charge in [0.2, 0.25) is 5.91 Å². The number of anilines is 2. The monoisotopic (exact) mass is 510 g/mol. The van der Waals surface area contributed by atoms with E-state index in [9.17, 15) is 4.79 Å². The molecule has 5 nitrogen and oxygen atoms in total. The molecular weight excluding hydrogens is 468 g/mol. The summed E-state index contributed by atoms with van der Waals surface area (Å²) in [6.07, 6.45) is 10.4. The van der Waals surface area contributed by atoms with E-state index < -0.39 is 0 Å². The Morgan fingerprint density at radius 1 is 1.05 bits per heavy atom. The van der Waals surface area contributed by atoms with Gasteiger partial charge in [0.1, 0.15) is 0 Å². The molecule has 1 fully saturated rings. The van der Waals surface area contributed by atoms with E-state index in [1.807, 2.05) is 44.2 Å². The lowest BCUT2D eigenvalue weighted by Gasteiger charge is -2.24. The molecule has 1 amide bonds. The first-order chi connectivity index (χ1) is 18.4. The van der Waals surface area contributed by atoms with E-state index >= 15 is 0 Å². The quantitative estimate of drug-likeness (QED) is 0.178. The van der Waals surface area contributed by atoms with Crippen LogP contribution in [-0.4, -0.2) is 29.4 Å². The Kier molecular flexibility index (Phi) is 10.9. The second-order valence-corrected chi connectivity index (χ2v) is 9.89.